The molecule has 0 saturated carbocycles. The molecule has 2 nitrogen and oxygen atoms in total. The Morgan fingerprint density at radius 3 is 2.62 bits per heavy atom. The van der Waals surface area contributed by atoms with E-state index in [4.69, 9.17) is 5.26 Å². The molecule has 0 bridgehead atoms. The summed E-state index contributed by atoms with van der Waals surface area (Å²) in [5.74, 6) is 0.853. The first-order chi connectivity index (χ1) is 7.83. The third-order valence-electron chi connectivity index (χ3n) is 3.41. The Hall–Kier alpha value is -1.33. The Balaban J connectivity index is 1.79. The zero-order valence-corrected chi connectivity index (χ0v) is 9.76. The van der Waals surface area contributed by atoms with E-state index in [1.165, 1.54) is 5.56 Å². The van der Waals surface area contributed by atoms with E-state index in [2.05, 4.69) is 42.2 Å². The second kappa shape index (κ2) is 5.14. The van der Waals surface area contributed by atoms with Crippen LogP contribution >= 0.6 is 0 Å². The molecule has 1 saturated heterocycles. The normalized spacial score (nSPS) is 18.8. The van der Waals surface area contributed by atoms with E-state index in [-0.39, 0.29) is 5.92 Å². The number of rotatable bonds is 4. The number of benzene rings is 1. The molecule has 1 heterocycles. The van der Waals surface area contributed by atoms with Gasteiger partial charge in [-0.1, -0.05) is 37.3 Å². The van der Waals surface area contributed by atoms with Gasteiger partial charge in [-0.25, -0.2) is 0 Å². The molecule has 0 aliphatic carbocycles. The highest BCUT2D eigenvalue weighted by molar-refractivity contribution is 5.15. The van der Waals surface area contributed by atoms with Crippen molar-refractivity contribution in [2.24, 2.45) is 11.8 Å². The number of hydrogen-bond donors (Lipinski definition) is 0. The summed E-state index contributed by atoms with van der Waals surface area (Å²) in [6.07, 6.45) is 0.986. The molecule has 16 heavy (non-hydrogen) atoms. The Labute approximate surface area is 97.5 Å². The molecular weight excluding hydrogens is 196 g/mol. The molecule has 84 valence electrons. The SMILES string of the molecule is CCC(C#N)C1CN(Cc2ccccc2)C1. The van der Waals surface area contributed by atoms with Gasteiger partial charge in [0.05, 0.1) is 12.0 Å². The summed E-state index contributed by atoms with van der Waals surface area (Å²) in [7, 11) is 0. The summed E-state index contributed by atoms with van der Waals surface area (Å²) in [5, 5.41) is 8.97. The lowest BCUT2D eigenvalue weighted by molar-refractivity contribution is 0.0653. The smallest absolute Gasteiger partial charge is 0.0659 e. The van der Waals surface area contributed by atoms with E-state index < -0.39 is 0 Å². The third kappa shape index (κ3) is 2.43. The fourth-order valence-corrected chi connectivity index (χ4v) is 2.37. The van der Waals surface area contributed by atoms with Gasteiger partial charge in [0, 0.05) is 25.6 Å². The van der Waals surface area contributed by atoms with Gasteiger partial charge in [0.25, 0.3) is 0 Å². The van der Waals surface area contributed by atoms with Crippen molar-refractivity contribution in [1.29, 1.82) is 5.26 Å². The maximum Gasteiger partial charge on any atom is 0.0659 e. The number of likely N-dealkylation sites (tertiary alicyclic amines) is 1. The van der Waals surface area contributed by atoms with Gasteiger partial charge in [0.2, 0.25) is 0 Å². The van der Waals surface area contributed by atoms with Crippen LogP contribution in [0.4, 0.5) is 0 Å². The minimum atomic E-state index is 0.257. The van der Waals surface area contributed by atoms with E-state index in [9.17, 15) is 0 Å². The van der Waals surface area contributed by atoms with Crippen LogP contribution in [0.2, 0.25) is 0 Å². The molecule has 1 aromatic rings. The van der Waals surface area contributed by atoms with Crippen molar-refractivity contribution in [3.05, 3.63) is 35.9 Å². The van der Waals surface area contributed by atoms with Crippen LogP contribution in [0.3, 0.4) is 0 Å². The van der Waals surface area contributed by atoms with Crippen LogP contribution in [0, 0.1) is 23.2 Å². The minimum absolute atomic E-state index is 0.257. The van der Waals surface area contributed by atoms with Crippen molar-refractivity contribution in [3.63, 3.8) is 0 Å². The van der Waals surface area contributed by atoms with Gasteiger partial charge in [0.15, 0.2) is 0 Å². The van der Waals surface area contributed by atoms with Gasteiger partial charge < -0.3 is 0 Å². The number of hydrogen-bond acceptors (Lipinski definition) is 2. The zero-order chi connectivity index (χ0) is 11.4. The van der Waals surface area contributed by atoms with Crippen molar-refractivity contribution in [3.8, 4) is 6.07 Å². The van der Waals surface area contributed by atoms with Crippen LogP contribution in [0.5, 0.6) is 0 Å². The molecule has 1 aromatic carbocycles. The van der Waals surface area contributed by atoms with E-state index in [0.717, 1.165) is 26.1 Å². The predicted molar refractivity (Wildman–Crippen MR) is 64.6 cm³/mol. The van der Waals surface area contributed by atoms with E-state index in [1.54, 1.807) is 0 Å². The van der Waals surface area contributed by atoms with Crippen LogP contribution in [-0.2, 0) is 6.54 Å². The first-order valence-corrected chi connectivity index (χ1v) is 5.99. The predicted octanol–water partition coefficient (Wildman–Crippen LogP) is 2.67. The minimum Gasteiger partial charge on any atom is -0.298 e. The molecule has 1 aliphatic rings. The third-order valence-corrected chi connectivity index (χ3v) is 3.41. The summed E-state index contributed by atoms with van der Waals surface area (Å²) in [4.78, 5) is 2.42. The van der Waals surface area contributed by atoms with Gasteiger partial charge in [-0.3, -0.25) is 4.90 Å². The highest BCUT2D eigenvalue weighted by atomic mass is 15.2. The zero-order valence-electron chi connectivity index (χ0n) is 9.76. The summed E-state index contributed by atoms with van der Waals surface area (Å²) < 4.78 is 0. The molecule has 0 N–H and O–H groups in total. The molecule has 0 radical (unpaired) electrons. The monoisotopic (exact) mass is 214 g/mol. The first-order valence-electron chi connectivity index (χ1n) is 5.99. The van der Waals surface area contributed by atoms with Crippen molar-refractivity contribution < 1.29 is 0 Å². The fraction of sp³-hybridized carbons (Fsp3) is 0.500. The quantitative estimate of drug-likeness (QED) is 0.770. The van der Waals surface area contributed by atoms with Crippen LogP contribution in [0.1, 0.15) is 18.9 Å². The molecule has 0 aromatic heterocycles. The van der Waals surface area contributed by atoms with Gasteiger partial charge >= 0.3 is 0 Å². The molecule has 1 unspecified atom stereocenters. The second-order valence-electron chi connectivity index (χ2n) is 4.58. The lowest BCUT2D eigenvalue weighted by Gasteiger charge is -2.41. The lowest BCUT2D eigenvalue weighted by atomic mass is 9.85. The van der Waals surface area contributed by atoms with Gasteiger partial charge in [-0.2, -0.15) is 5.26 Å². The van der Waals surface area contributed by atoms with Crippen molar-refractivity contribution in [2.45, 2.75) is 19.9 Å². The van der Waals surface area contributed by atoms with Crippen molar-refractivity contribution >= 4 is 0 Å². The first kappa shape index (κ1) is 11.2. The topological polar surface area (TPSA) is 27.0 Å². The Bertz CT molecular complexity index is 360. The molecule has 2 heteroatoms. The van der Waals surface area contributed by atoms with Crippen LogP contribution in [0.25, 0.3) is 0 Å². The summed E-state index contributed by atoms with van der Waals surface area (Å²) in [5.41, 5.74) is 1.37. The molecule has 2 rings (SSSR count). The highest BCUT2D eigenvalue weighted by Crippen LogP contribution is 2.26. The highest BCUT2D eigenvalue weighted by Gasteiger charge is 2.32. The van der Waals surface area contributed by atoms with Crippen LogP contribution in [0.15, 0.2) is 30.3 Å². The molecule has 0 amide bonds. The maximum absolute atomic E-state index is 8.97. The van der Waals surface area contributed by atoms with E-state index >= 15 is 0 Å². The lowest BCUT2D eigenvalue weighted by Crippen LogP contribution is -2.48. The van der Waals surface area contributed by atoms with Gasteiger partial charge in [-0.15, -0.1) is 0 Å². The average molecular weight is 214 g/mol. The Kier molecular flexibility index (Phi) is 3.58. The summed E-state index contributed by atoms with van der Waals surface area (Å²) in [6, 6.07) is 12.9. The molecular formula is C14H18N2. The Morgan fingerprint density at radius 2 is 2.06 bits per heavy atom. The maximum atomic E-state index is 8.97. The fourth-order valence-electron chi connectivity index (χ4n) is 2.37. The second-order valence-corrected chi connectivity index (χ2v) is 4.58. The largest absolute Gasteiger partial charge is 0.298 e. The summed E-state index contributed by atoms with van der Waals surface area (Å²) >= 11 is 0. The van der Waals surface area contributed by atoms with Crippen LogP contribution in [-0.4, -0.2) is 18.0 Å². The van der Waals surface area contributed by atoms with E-state index in [0.29, 0.717) is 5.92 Å². The molecule has 0 spiro atoms. The van der Waals surface area contributed by atoms with E-state index in [1.807, 2.05) is 6.07 Å². The van der Waals surface area contributed by atoms with Crippen LogP contribution < -0.4 is 0 Å². The van der Waals surface area contributed by atoms with Gasteiger partial charge in [0.1, 0.15) is 0 Å². The number of nitriles is 1. The standard InChI is InChI=1S/C14H18N2/c1-2-13(8-15)14-10-16(11-14)9-12-6-4-3-5-7-12/h3-7,13-14H,2,9-11H2,1H3. The molecule has 1 atom stereocenters. The van der Waals surface area contributed by atoms with Crippen molar-refractivity contribution in [2.75, 3.05) is 13.1 Å². The Morgan fingerprint density at radius 1 is 1.38 bits per heavy atom. The van der Waals surface area contributed by atoms with Gasteiger partial charge in [-0.05, 0) is 12.0 Å². The number of nitrogens with zero attached hydrogens (tertiary/aromatic N) is 2. The summed E-state index contributed by atoms with van der Waals surface area (Å²) in [6.45, 7) is 5.30. The van der Waals surface area contributed by atoms with Crippen molar-refractivity contribution in [1.82, 2.24) is 4.90 Å². The molecule has 1 aliphatic heterocycles. The molecule has 1 fully saturated rings. The average Bonchev–Trinajstić information content (AvgIpc) is 2.28.